The molecule has 0 radical (unpaired) electrons. The Hall–Kier alpha value is -0.730. The van der Waals surface area contributed by atoms with Crippen molar-refractivity contribution in [3.8, 4) is 0 Å². The van der Waals surface area contributed by atoms with Gasteiger partial charge < -0.3 is 4.74 Å². The van der Waals surface area contributed by atoms with Crippen LogP contribution >= 0.6 is 11.6 Å². The van der Waals surface area contributed by atoms with Gasteiger partial charge in [0.2, 0.25) is 10.0 Å². The van der Waals surface area contributed by atoms with E-state index in [2.05, 4.69) is 4.90 Å². The molecule has 0 amide bonds. The average Bonchev–Trinajstić information content (AvgIpc) is 2.66. The summed E-state index contributed by atoms with van der Waals surface area (Å²) in [6.45, 7) is 2.59. The van der Waals surface area contributed by atoms with Crippen molar-refractivity contribution in [3.63, 3.8) is 0 Å². The lowest BCUT2D eigenvalue weighted by Crippen LogP contribution is -2.44. The van der Waals surface area contributed by atoms with Crippen molar-refractivity contribution < 1.29 is 17.5 Å². The van der Waals surface area contributed by atoms with Crippen LogP contribution in [0, 0.1) is 11.7 Å². The Morgan fingerprint density at radius 1 is 1.27 bits per heavy atom. The zero-order chi connectivity index (χ0) is 15.9. The third-order valence-corrected chi connectivity index (χ3v) is 6.54. The quantitative estimate of drug-likeness (QED) is 0.811. The van der Waals surface area contributed by atoms with E-state index >= 15 is 0 Å². The van der Waals surface area contributed by atoms with Gasteiger partial charge in [-0.2, -0.15) is 4.31 Å². The van der Waals surface area contributed by atoms with Crippen LogP contribution in [0.2, 0.25) is 5.02 Å². The topological polar surface area (TPSA) is 49.9 Å². The Kier molecular flexibility index (Phi) is 4.44. The van der Waals surface area contributed by atoms with Crippen LogP contribution in [0.1, 0.15) is 0 Å². The van der Waals surface area contributed by atoms with E-state index in [4.69, 9.17) is 16.3 Å². The van der Waals surface area contributed by atoms with Gasteiger partial charge in [-0.15, -0.1) is 0 Å². The van der Waals surface area contributed by atoms with Gasteiger partial charge in [-0.1, -0.05) is 11.6 Å². The summed E-state index contributed by atoms with van der Waals surface area (Å²) in [6, 6.07) is 3.39. The van der Waals surface area contributed by atoms with Gasteiger partial charge in [-0.25, -0.2) is 12.8 Å². The summed E-state index contributed by atoms with van der Waals surface area (Å²) in [5, 5.41) is -0.0842. The van der Waals surface area contributed by atoms with E-state index in [0.717, 1.165) is 18.7 Å². The van der Waals surface area contributed by atoms with Crippen LogP contribution in [-0.2, 0) is 14.8 Å². The maximum atomic E-state index is 13.2. The van der Waals surface area contributed by atoms with E-state index in [1.807, 2.05) is 7.05 Å². The minimum absolute atomic E-state index is 0.0153. The van der Waals surface area contributed by atoms with Gasteiger partial charge in [-0.05, 0) is 25.2 Å². The molecule has 2 aliphatic heterocycles. The van der Waals surface area contributed by atoms with Gasteiger partial charge in [0.05, 0.1) is 18.2 Å². The third-order valence-electron chi connectivity index (χ3n) is 4.22. The lowest BCUT2D eigenvalue weighted by molar-refractivity contribution is 0.0727. The van der Waals surface area contributed by atoms with E-state index in [0.29, 0.717) is 26.3 Å². The van der Waals surface area contributed by atoms with E-state index in [1.54, 1.807) is 0 Å². The Labute approximate surface area is 134 Å². The fourth-order valence-electron chi connectivity index (χ4n) is 3.03. The number of hydrogen-bond acceptors (Lipinski definition) is 4. The van der Waals surface area contributed by atoms with Crippen LogP contribution in [-0.4, -0.2) is 63.6 Å². The van der Waals surface area contributed by atoms with E-state index in [1.165, 1.54) is 10.4 Å². The molecule has 22 heavy (non-hydrogen) atoms. The molecule has 0 aliphatic carbocycles. The van der Waals surface area contributed by atoms with Crippen LogP contribution in [0.25, 0.3) is 0 Å². The molecule has 2 aliphatic rings. The predicted octanol–water partition coefficient (Wildman–Crippen LogP) is 1.43. The van der Waals surface area contributed by atoms with Gasteiger partial charge in [0.1, 0.15) is 10.7 Å². The summed E-state index contributed by atoms with van der Waals surface area (Å²) in [5.41, 5.74) is 0. The van der Waals surface area contributed by atoms with Crippen molar-refractivity contribution in [3.05, 3.63) is 29.0 Å². The van der Waals surface area contributed by atoms with Gasteiger partial charge in [-0.3, -0.25) is 4.90 Å². The fourth-order valence-corrected chi connectivity index (χ4v) is 5.09. The molecule has 5 nitrogen and oxygen atoms in total. The number of rotatable bonds is 2. The minimum atomic E-state index is -3.75. The smallest absolute Gasteiger partial charge is 0.244 e. The first-order valence-corrected chi connectivity index (χ1v) is 8.93. The Balaban J connectivity index is 1.95. The monoisotopic (exact) mass is 348 g/mol. The first-order valence-electron chi connectivity index (χ1n) is 7.11. The minimum Gasteiger partial charge on any atom is -0.379 e. The number of nitrogens with zero attached hydrogens (tertiary/aromatic N) is 2. The largest absolute Gasteiger partial charge is 0.379 e. The van der Waals surface area contributed by atoms with Gasteiger partial charge in [0.25, 0.3) is 0 Å². The molecule has 1 aromatic rings. The molecule has 2 bridgehead atoms. The maximum absolute atomic E-state index is 13.2. The predicted molar refractivity (Wildman–Crippen MR) is 80.9 cm³/mol. The molecule has 2 atom stereocenters. The second-order valence-electron chi connectivity index (χ2n) is 5.89. The van der Waals surface area contributed by atoms with Crippen molar-refractivity contribution in [2.45, 2.75) is 10.9 Å². The molecule has 1 aromatic carbocycles. The summed E-state index contributed by atoms with van der Waals surface area (Å²) in [5.74, 6) is -0.434. The highest BCUT2D eigenvalue weighted by Gasteiger charge is 2.37. The molecular formula is C14H18ClFN2O3S. The highest BCUT2D eigenvalue weighted by Crippen LogP contribution is 2.28. The van der Waals surface area contributed by atoms with Crippen molar-refractivity contribution in [1.29, 1.82) is 0 Å². The first kappa shape index (κ1) is 16.1. The van der Waals surface area contributed by atoms with Crippen molar-refractivity contribution in [1.82, 2.24) is 9.21 Å². The van der Waals surface area contributed by atoms with Crippen LogP contribution < -0.4 is 0 Å². The van der Waals surface area contributed by atoms with Crippen LogP contribution in [0.15, 0.2) is 23.1 Å². The second kappa shape index (κ2) is 6.05. The molecule has 0 saturated carbocycles. The Morgan fingerprint density at radius 2 is 2.05 bits per heavy atom. The third kappa shape index (κ3) is 3.00. The Bertz CT molecular complexity index is 670. The molecule has 0 N–H and O–H groups in total. The summed E-state index contributed by atoms with van der Waals surface area (Å²) in [4.78, 5) is 2.10. The van der Waals surface area contributed by atoms with Crippen molar-refractivity contribution >= 4 is 21.6 Å². The SMILES string of the molecule is CN1C[C@H]2COC[C@@H]1CN(S(=O)(=O)c1ccc(F)cc1Cl)C2. The molecule has 122 valence electrons. The van der Waals surface area contributed by atoms with Gasteiger partial charge >= 0.3 is 0 Å². The highest BCUT2D eigenvalue weighted by molar-refractivity contribution is 7.89. The number of hydrogen-bond donors (Lipinski definition) is 0. The number of benzene rings is 1. The highest BCUT2D eigenvalue weighted by atomic mass is 35.5. The number of ether oxygens (including phenoxy) is 1. The molecule has 3 rings (SSSR count). The van der Waals surface area contributed by atoms with Gasteiger partial charge in [0.15, 0.2) is 0 Å². The molecule has 0 unspecified atom stereocenters. The molecule has 2 heterocycles. The summed E-state index contributed by atoms with van der Waals surface area (Å²) >= 11 is 5.94. The van der Waals surface area contributed by atoms with E-state index in [-0.39, 0.29) is 21.9 Å². The molecule has 8 heteroatoms. The van der Waals surface area contributed by atoms with Crippen molar-refractivity contribution in [2.75, 3.05) is 39.9 Å². The van der Waals surface area contributed by atoms with Crippen LogP contribution in [0.5, 0.6) is 0 Å². The van der Waals surface area contributed by atoms with E-state index in [9.17, 15) is 12.8 Å². The number of likely N-dealkylation sites (N-methyl/N-ethyl adjacent to an activating group) is 1. The zero-order valence-corrected chi connectivity index (χ0v) is 13.8. The number of halogens is 2. The van der Waals surface area contributed by atoms with Crippen LogP contribution in [0.4, 0.5) is 4.39 Å². The summed E-state index contributed by atoms with van der Waals surface area (Å²) in [7, 11) is -1.77. The summed E-state index contributed by atoms with van der Waals surface area (Å²) < 4.78 is 46.0. The lowest BCUT2D eigenvalue weighted by atomic mass is 10.1. The van der Waals surface area contributed by atoms with E-state index < -0.39 is 15.8 Å². The first-order chi connectivity index (χ1) is 10.4. The molecule has 0 aromatic heterocycles. The Morgan fingerprint density at radius 3 is 2.77 bits per heavy atom. The molecule has 0 spiro atoms. The normalized spacial score (nSPS) is 27.6. The number of sulfonamides is 1. The maximum Gasteiger partial charge on any atom is 0.244 e. The average molecular weight is 349 g/mol. The molecule has 2 fully saturated rings. The molecule has 2 saturated heterocycles. The van der Waals surface area contributed by atoms with Crippen LogP contribution in [0.3, 0.4) is 0 Å². The molecular weight excluding hydrogens is 331 g/mol. The standard InChI is InChI=1S/C14H18ClFN2O3S/c1-17-5-10-6-18(7-12(17)9-21-8-10)22(19,20)14-3-2-11(16)4-13(14)15/h2-4,10,12H,5-9H2,1H3/t10-,12+/m1/s1. The second-order valence-corrected chi connectivity index (χ2v) is 8.21. The zero-order valence-electron chi connectivity index (χ0n) is 12.2. The fraction of sp³-hybridized carbons (Fsp3) is 0.571. The lowest BCUT2D eigenvalue weighted by Gasteiger charge is -2.29. The summed E-state index contributed by atoms with van der Waals surface area (Å²) in [6.07, 6.45) is 0. The van der Waals surface area contributed by atoms with Gasteiger partial charge in [0, 0.05) is 31.6 Å². The number of fused-ring (bicyclic) bond motifs is 3. The van der Waals surface area contributed by atoms with Crippen molar-refractivity contribution in [2.24, 2.45) is 5.92 Å².